The SMILES string of the molecule is Cc1cn(C)c2ccc(N(C(N)=O)c3cccnc3)cc12. The lowest BCUT2D eigenvalue weighted by molar-refractivity contribution is 0.256. The molecular formula is C16H16N4O. The first-order chi connectivity index (χ1) is 10.1. The smallest absolute Gasteiger partial charge is 0.323 e. The van der Waals surface area contributed by atoms with Gasteiger partial charge in [0, 0.05) is 30.3 Å². The van der Waals surface area contributed by atoms with Crippen LogP contribution in [0.15, 0.2) is 48.9 Å². The molecule has 2 amide bonds. The third-order valence-corrected chi connectivity index (χ3v) is 3.55. The number of benzene rings is 1. The van der Waals surface area contributed by atoms with Crippen LogP contribution < -0.4 is 10.6 Å². The number of hydrogen-bond donors (Lipinski definition) is 1. The zero-order chi connectivity index (χ0) is 15.0. The molecule has 0 aliphatic rings. The molecule has 0 spiro atoms. The Morgan fingerprint density at radius 3 is 2.76 bits per heavy atom. The number of primary amides is 1. The molecule has 5 nitrogen and oxygen atoms in total. The van der Waals surface area contributed by atoms with Crippen molar-refractivity contribution in [2.75, 3.05) is 4.90 Å². The zero-order valence-electron chi connectivity index (χ0n) is 11.9. The monoisotopic (exact) mass is 280 g/mol. The van der Waals surface area contributed by atoms with E-state index in [1.54, 1.807) is 24.5 Å². The molecule has 0 saturated heterocycles. The highest BCUT2D eigenvalue weighted by molar-refractivity contribution is 6.00. The predicted octanol–water partition coefficient (Wildman–Crippen LogP) is 3.10. The molecule has 3 rings (SSSR count). The van der Waals surface area contributed by atoms with Crippen LogP contribution >= 0.6 is 0 Å². The fourth-order valence-electron chi connectivity index (χ4n) is 2.61. The molecule has 3 aromatic rings. The number of carbonyl (C=O) groups is 1. The Morgan fingerprint density at radius 1 is 1.29 bits per heavy atom. The molecule has 106 valence electrons. The molecule has 5 heteroatoms. The minimum Gasteiger partial charge on any atom is -0.351 e. The Morgan fingerprint density at radius 2 is 2.10 bits per heavy atom. The van der Waals surface area contributed by atoms with E-state index in [4.69, 9.17) is 5.73 Å². The van der Waals surface area contributed by atoms with Crippen molar-refractivity contribution in [1.29, 1.82) is 0 Å². The van der Waals surface area contributed by atoms with Crippen molar-refractivity contribution in [2.24, 2.45) is 12.8 Å². The molecule has 0 saturated carbocycles. The van der Waals surface area contributed by atoms with Gasteiger partial charge in [0.25, 0.3) is 0 Å². The van der Waals surface area contributed by atoms with Crippen LogP contribution in [0.25, 0.3) is 10.9 Å². The molecular weight excluding hydrogens is 264 g/mol. The van der Waals surface area contributed by atoms with Crippen LogP contribution in [0.2, 0.25) is 0 Å². The van der Waals surface area contributed by atoms with Gasteiger partial charge in [-0.1, -0.05) is 0 Å². The average molecular weight is 280 g/mol. The van der Waals surface area contributed by atoms with Gasteiger partial charge in [-0.05, 0) is 42.8 Å². The lowest BCUT2D eigenvalue weighted by Crippen LogP contribution is -2.31. The van der Waals surface area contributed by atoms with Gasteiger partial charge >= 0.3 is 6.03 Å². The molecule has 21 heavy (non-hydrogen) atoms. The molecule has 1 aromatic carbocycles. The van der Waals surface area contributed by atoms with Gasteiger partial charge in [-0.3, -0.25) is 9.88 Å². The highest BCUT2D eigenvalue weighted by Crippen LogP contribution is 2.29. The highest BCUT2D eigenvalue weighted by atomic mass is 16.2. The number of pyridine rings is 1. The molecule has 2 heterocycles. The molecule has 0 aliphatic carbocycles. The number of nitrogens with zero attached hydrogens (tertiary/aromatic N) is 3. The summed E-state index contributed by atoms with van der Waals surface area (Å²) in [7, 11) is 2.00. The standard InChI is InChI=1S/C16H16N4O/c1-11-10-19(2)15-6-5-12(8-14(11)15)20(16(17)21)13-4-3-7-18-9-13/h3-10H,1-2H3,(H2,17,21). The number of rotatable bonds is 2. The molecule has 0 unspecified atom stereocenters. The van der Waals surface area contributed by atoms with Crippen molar-refractivity contribution < 1.29 is 4.79 Å². The fraction of sp³-hybridized carbons (Fsp3) is 0.125. The van der Waals surface area contributed by atoms with Crippen LogP contribution in [0.4, 0.5) is 16.2 Å². The number of fused-ring (bicyclic) bond motifs is 1. The molecule has 0 radical (unpaired) electrons. The molecule has 0 aliphatic heterocycles. The van der Waals surface area contributed by atoms with Crippen LogP contribution in [-0.2, 0) is 7.05 Å². The maximum Gasteiger partial charge on any atom is 0.323 e. The quantitative estimate of drug-likeness (QED) is 0.784. The minimum atomic E-state index is -0.532. The highest BCUT2D eigenvalue weighted by Gasteiger charge is 2.16. The second-order valence-electron chi connectivity index (χ2n) is 5.01. The fourth-order valence-corrected chi connectivity index (χ4v) is 2.61. The van der Waals surface area contributed by atoms with Crippen LogP contribution in [0.5, 0.6) is 0 Å². The number of nitrogens with two attached hydrogens (primary N) is 1. The van der Waals surface area contributed by atoms with Gasteiger partial charge in [-0.25, -0.2) is 4.79 Å². The largest absolute Gasteiger partial charge is 0.351 e. The zero-order valence-corrected chi connectivity index (χ0v) is 11.9. The van der Waals surface area contributed by atoms with E-state index in [0.717, 1.165) is 22.2 Å². The first kappa shape index (κ1) is 13.2. The molecule has 0 bridgehead atoms. The van der Waals surface area contributed by atoms with Crippen LogP contribution in [0, 0.1) is 6.92 Å². The lowest BCUT2D eigenvalue weighted by atomic mass is 10.1. The van der Waals surface area contributed by atoms with Gasteiger partial charge in [0.1, 0.15) is 0 Å². The molecule has 2 N–H and O–H groups in total. The Bertz CT molecular complexity index is 808. The summed E-state index contributed by atoms with van der Waals surface area (Å²) in [6.07, 6.45) is 5.34. The summed E-state index contributed by atoms with van der Waals surface area (Å²) in [6, 6.07) is 8.90. The van der Waals surface area contributed by atoms with E-state index >= 15 is 0 Å². The van der Waals surface area contributed by atoms with Gasteiger partial charge in [0.15, 0.2) is 0 Å². The van der Waals surface area contributed by atoms with Gasteiger partial charge in [-0.2, -0.15) is 0 Å². The Kier molecular flexibility index (Phi) is 3.10. The Hall–Kier alpha value is -2.82. The van der Waals surface area contributed by atoms with E-state index in [9.17, 15) is 4.79 Å². The van der Waals surface area contributed by atoms with E-state index in [1.807, 2.05) is 32.2 Å². The topological polar surface area (TPSA) is 64.2 Å². The second kappa shape index (κ2) is 4.94. The number of amides is 2. The van der Waals surface area contributed by atoms with Crippen LogP contribution in [0.1, 0.15) is 5.56 Å². The Labute approximate surface area is 122 Å². The van der Waals surface area contributed by atoms with Crippen LogP contribution in [0.3, 0.4) is 0 Å². The van der Waals surface area contributed by atoms with Crippen LogP contribution in [-0.4, -0.2) is 15.6 Å². The van der Waals surface area contributed by atoms with E-state index in [1.165, 1.54) is 4.90 Å². The van der Waals surface area contributed by atoms with Gasteiger partial charge in [-0.15, -0.1) is 0 Å². The second-order valence-corrected chi connectivity index (χ2v) is 5.01. The van der Waals surface area contributed by atoms with Crippen molar-refractivity contribution >= 4 is 28.3 Å². The maximum absolute atomic E-state index is 11.8. The molecule has 0 fully saturated rings. The summed E-state index contributed by atoms with van der Waals surface area (Å²) in [6.45, 7) is 2.05. The van der Waals surface area contributed by atoms with Gasteiger partial charge in [0.05, 0.1) is 17.6 Å². The number of aryl methyl sites for hydroxylation is 2. The summed E-state index contributed by atoms with van der Waals surface area (Å²) in [5.41, 5.74) is 9.20. The van der Waals surface area contributed by atoms with E-state index in [0.29, 0.717) is 5.69 Å². The third kappa shape index (κ3) is 2.23. The normalized spacial score (nSPS) is 10.8. The summed E-state index contributed by atoms with van der Waals surface area (Å²) in [4.78, 5) is 17.3. The molecule has 0 atom stereocenters. The maximum atomic E-state index is 11.8. The minimum absolute atomic E-state index is 0.532. The number of anilines is 2. The number of carbonyl (C=O) groups excluding carboxylic acids is 1. The van der Waals surface area contributed by atoms with Crippen molar-refractivity contribution in [2.45, 2.75) is 6.92 Å². The van der Waals surface area contributed by atoms with Crippen molar-refractivity contribution in [1.82, 2.24) is 9.55 Å². The average Bonchev–Trinajstić information content (AvgIpc) is 2.75. The third-order valence-electron chi connectivity index (χ3n) is 3.55. The summed E-state index contributed by atoms with van der Waals surface area (Å²) in [5, 5.41) is 1.10. The Balaban J connectivity index is 2.16. The summed E-state index contributed by atoms with van der Waals surface area (Å²) < 4.78 is 2.06. The lowest BCUT2D eigenvalue weighted by Gasteiger charge is -2.20. The van der Waals surface area contributed by atoms with E-state index in [2.05, 4.69) is 15.7 Å². The van der Waals surface area contributed by atoms with E-state index < -0.39 is 6.03 Å². The predicted molar refractivity (Wildman–Crippen MR) is 83.6 cm³/mol. The van der Waals surface area contributed by atoms with Crippen molar-refractivity contribution in [3.8, 4) is 0 Å². The van der Waals surface area contributed by atoms with Gasteiger partial charge in [0.2, 0.25) is 0 Å². The first-order valence-corrected chi connectivity index (χ1v) is 6.63. The van der Waals surface area contributed by atoms with Gasteiger partial charge < -0.3 is 10.3 Å². The molecule has 2 aromatic heterocycles. The summed E-state index contributed by atoms with van der Waals surface area (Å²) >= 11 is 0. The number of hydrogen-bond acceptors (Lipinski definition) is 2. The number of urea groups is 1. The summed E-state index contributed by atoms with van der Waals surface area (Å²) in [5.74, 6) is 0. The van der Waals surface area contributed by atoms with Crippen molar-refractivity contribution in [3.05, 3.63) is 54.5 Å². The van der Waals surface area contributed by atoms with E-state index in [-0.39, 0.29) is 0 Å². The first-order valence-electron chi connectivity index (χ1n) is 6.63. The number of aromatic nitrogens is 2. The van der Waals surface area contributed by atoms with Crippen molar-refractivity contribution in [3.63, 3.8) is 0 Å².